The first-order valence-corrected chi connectivity index (χ1v) is 8.36. The average Bonchev–Trinajstić information content (AvgIpc) is 2.55. The minimum absolute atomic E-state index is 0.134. The van der Waals surface area contributed by atoms with Crippen LogP contribution in [0.25, 0.3) is 0 Å². The highest BCUT2D eigenvalue weighted by molar-refractivity contribution is 9.11. The predicted molar refractivity (Wildman–Crippen MR) is 95.7 cm³/mol. The third-order valence-corrected chi connectivity index (χ3v) is 4.05. The lowest BCUT2D eigenvalue weighted by Gasteiger charge is -2.14. The first-order valence-electron chi connectivity index (χ1n) is 6.77. The molecule has 3 N–H and O–H groups in total. The molecule has 0 atom stereocenters. The van der Waals surface area contributed by atoms with E-state index in [1.807, 2.05) is 6.07 Å². The Hall–Kier alpha value is -1.70. The zero-order valence-corrected chi connectivity index (χ0v) is 15.1. The number of carbonyl (C=O) groups is 2. The molecule has 120 valence electrons. The molecule has 0 fully saturated rings. The fraction of sp³-hybridized carbons (Fsp3) is 0.125. The van der Waals surface area contributed by atoms with E-state index < -0.39 is 0 Å². The van der Waals surface area contributed by atoms with Gasteiger partial charge < -0.3 is 15.7 Å². The molecule has 0 bridgehead atoms. The van der Waals surface area contributed by atoms with Gasteiger partial charge in [0.1, 0.15) is 0 Å². The van der Waals surface area contributed by atoms with Crippen molar-refractivity contribution in [2.24, 2.45) is 0 Å². The lowest BCUT2D eigenvalue weighted by molar-refractivity contribution is 0.0945. The molecule has 0 aliphatic heterocycles. The van der Waals surface area contributed by atoms with Gasteiger partial charge in [0.2, 0.25) is 0 Å². The summed E-state index contributed by atoms with van der Waals surface area (Å²) >= 11 is 6.68. The zero-order chi connectivity index (χ0) is 16.8. The number of hydrogen-bond donors (Lipinski definition) is 3. The second kappa shape index (κ2) is 8.24. The Labute approximate surface area is 150 Å². The van der Waals surface area contributed by atoms with Crippen LogP contribution in [0, 0.1) is 0 Å². The quantitative estimate of drug-likeness (QED) is 0.666. The molecule has 7 heteroatoms. The molecule has 0 unspecified atom stereocenters. The van der Waals surface area contributed by atoms with Gasteiger partial charge in [-0.2, -0.15) is 0 Å². The molecule has 23 heavy (non-hydrogen) atoms. The third kappa shape index (κ3) is 4.63. The summed E-state index contributed by atoms with van der Waals surface area (Å²) < 4.78 is 1.27. The molecule has 5 nitrogen and oxygen atoms in total. The van der Waals surface area contributed by atoms with Crippen LogP contribution in [0.5, 0.6) is 0 Å². The molecule has 0 aliphatic carbocycles. The molecule has 0 heterocycles. The Bertz CT molecular complexity index is 721. The molecule has 0 saturated carbocycles. The fourth-order valence-electron chi connectivity index (χ4n) is 1.92. The van der Waals surface area contributed by atoms with Crippen LogP contribution in [-0.2, 0) is 0 Å². The van der Waals surface area contributed by atoms with Crippen molar-refractivity contribution in [3.05, 3.63) is 62.5 Å². The van der Waals surface area contributed by atoms with E-state index in [0.29, 0.717) is 25.8 Å². The Morgan fingerprint density at radius 2 is 1.74 bits per heavy atom. The van der Waals surface area contributed by atoms with Crippen LogP contribution in [0.3, 0.4) is 0 Å². The van der Waals surface area contributed by atoms with E-state index in [2.05, 4.69) is 42.5 Å². The first-order chi connectivity index (χ1) is 11.0. The van der Waals surface area contributed by atoms with Gasteiger partial charge in [-0.15, -0.1) is 0 Å². The smallest absolute Gasteiger partial charge is 0.255 e. The third-order valence-electron chi connectivity index (χ3n) is 2.97. The van der Waals surface area contributed by atoms with E-state index in [9.17, 15) is 9.59 Å². The molecular formula is C16H14Br2N2O3. The molecule has 2 aromatic carbocycles. The molecule has 0 spiro atoms. The van der Waals surface area contributed by atoms with Crippen molar-refractivity contribution in [1.82, 2.24) is 5.32 Å². The Balaban J connectivity index is 2.33. The maximum Gasteiger partial charge on any atom is 0.255 e. The molecule has 0 aliphatic rings. The molecule has 2 aromatic rings. The SMILES string of the molecule is O=C(Nc1c(Br)cc(Br)cc1C(=O)NCCO)c1ccccc1. The van der Waals surface area contributed by atoms with Crippen molar-refractivity contribution in [3.63, 3.8) is 0 Å². The van der Waals surface area contributed by atoms with E-state index in [0.717, 1.165) is 0 Å². The molecule has 2 rings (SSSR count). The van der Waals surface area contributed by atoms with Gasteiger partial charge in [-0.05, 0) is 40.2 Å². The van der Waals surface area contributed by atoms with Gasteiger partial charge in [-0.1, -0.05) is 34.1 Å². The fourth-order valence-corrected chi connectivity index (χ4v) is 3.24. The van der Waals surface area contributed by atoms with E-state index >= 15 is 0 Å². The number of benzene rings is 2. The number of aliphatic hydroxyl groups is 1. The molecule has 0 saturated heterocycles. The average molecular weight is 442 g/mol. The summed E-state index contributed by atoms with van der Waals surface area (Å²) in [6.07, 6.45) is 0. The molecule has 2 amide bonds. The number of halogens is 2. The maximum atomic E-state index is 12.3. The predicted octanol–water partition coefficient (Wildman–Crippen LogP) is 3.19. The highest BCUT2D eigenvalue weighted by atomic mass is 79.9. The number of amides is 2. The van der Waals surface area contributed by atoms with Gasteiger partial charge in [0.05, 0.1) is 17.9 Å². The Kier molecular flexibility index (Phi) is 6.32. The molecular weight excluding hydrogens is 428 g/mol. The summed E-state index contributed by atoms with van der Waals surface area (Å²) in [5.74, 6) is -0.700. The summed E-state index contributed by atoms with van der Waals surface area (Å²) in [6, 6.07) is 12.1. The van der Waals surface area contributed by atoms with Crippen LogP contribution in [0.15, 0.2) is 51.4 Å². The number of aliphatic hydroxyl groups excluding tert-OH is 1. The van der Waals surface area contributed by atoms with Crippen molar-refractivity contribution in [2.75, 3.05) is 18.5 Å². The van der Waals surface area contributed by atoms with Gasteiger partial charge in [0.15, 0.2) is 0 Å². The lowest BCUT2D eigenvalue weighted by Crippen LogP contribution is -2.28. The minimum Gasteiger partial charge on any atom is -0.395 e. The summed E-state index contributed by atoms with van der Waals surface area (Å²) in [4.78, 5) is 24.6. The molecule has 0 aromatic heterocycles. The molecule has 0 radical (unpaired) electrons. The van der Waals surface area contributed by atoms with Crippen molar-refractivity contribution in [2.45, 2.75) is 0 Å². The highest BCUT2D eigenvalue weighted by Gasteiger charge is 2.18. The number of anilines is 1. The van der Waals surface area contributed by atoms with Gasteiger partial charge in [-0.3, -0.25) is 9.59 Å². The largest absolute Gasteiger partial charge is 0.395 e. The van der Waals surface area contributed by atoms with E-state index in [4.69, 9.17) is 5.11 Å². The van der Waals surface area contributed by atoms with Crippen LogP contribution >= 0.6 is 31.9 Å². The van der Waals surface area contributed by atoms with E-state index in [1.165, 1.54) is 0 Å². The normalized spacial score (nSPS) is 10.2. The second-order valence-corrected chi connectivity index (χ2v) is 6.38. The number of rotatable bonds is 5. The minimum atomic E-state index is -0.385. The van der Waals surface area contributed by atoms with Crippen LogP contribution in [-0.4, -0.2) is 30.1 Å². The van der Waals surface area contributed by atoms with Crippen molar-refractivity contribution in [1.29, 1.82) is 0 Å². The van der Waals surface area contributed by atoms with Gasteiger partial charge in [0.25, 0.3) is 11.8 Å². The summed E-state index contributed by atoms with van der Waals surface area (Å²) in [5, 5.41) is 14.2. The van der Waals surface area contributed by atoms with Gasteiger partial charge >= 0.3 is 0 Å². The Morgan fingerprint density at radius 3 is 2.39 bits per heavy atom. The summed E-state index contributed by atoms with van der Waals surface area (Å²) in [7, 11) is 0. The van der Waals surface area contributed by atoms with Crippen LogP contribution in [0.4, 0.5) is 5.69 Å². The van der Waals surface area contributed by atoms with E-state index in [-0.39, 0.29) is 25.0 Å². The van der Waals surface area contributed by atoms with Crippen LogP contribution in [0.1, 0.15) is 20.7 Å². The second-order valence-electron chi connectivity index (χ2n) is 4.61. The van der Waals surface area contributed by atoms with Crippen LogP contribution < -0.4 is 10.6 Å². The number of carbonyl (C=O) groups excluding carboxylic acids is 2. The summed E-state index contributed by atoms with van der Waals surface area (Å²) in [6.45, 7) is -0.0261. The number of nitrogens with one attached hydrogen (secondary N) is 2. The topological polar surface area (TPSA) is 78.4 Å². The first kappa shape index (κ1) is 17.7. The van der Waals surface area contributed by atoms with Gasteiger partial charge in [0, 0.05) is 21.1 Å². The van der Waals surface area contributed by atoms with Crippen LogP contribution in [0.2, 0.25) is 0 Å². The number of hydrogen-bond acceptors (Lipinski definition) is 3. The van der Waals surface area contributed by atoms with Crippen molar-refractivity contribution >= 4 is 49.4 Å². The van der Waals surface area contributed by atoms with Gasteiger partial charge in [-0.25, -0.2) is 0 Å². The lowest BCUT2D eigenvalue weighted by atomic mass is 10.1. The zero-order valence-electron chi connectivity index (χ0n) is 12.0. The summed E-state index contributed by atoms with van der Waals surface area (Å²) in [5.41, 5.74) is 1.16. The maximum absolute atomic E-state index is 12.3. The highest BCUT2D eigenvalue weighted by Crippen LogP contribution is 2.31. The standard InChI is InChI=1S/C16H14Br2N2O3/c17-11-8-12(16(23)19-6-7-21)14(13(18)9-11)20-15(22)10-4-2-1-3-5-10/h1-5,8-9,21H,6-7H2,(H,19,23)(H,20,22). The van der Waals surface area contributed by atoms with Crippen molar-refractivity contribution in [3.8, 4) is 0 Å². The van der Waals surface area contributed by atoms with Crippen molar-refractivity contribution < 1.29 is 14.7 Å². The van der Waals surface area contributed by atoms with E-state index in [1.54, 1.807) is 36.4 Å². The Morgan fingerprint density at radius 1 is 1.04 bits per heavy atom. The monoisotopic (exact) mass is 440 g/mol.